The Kier molecular flexibility index (Phi) is 3.34. The van der Waals surface area contributed by atoms with Crippen molar-refractivity contribution in [1.29, 1.82) is 0 Å². The van der Waals surface area contributed by atoms with Crippen LogP contribution in [0.25, 0.3) is 22.3 Å². The van der Waals surface area contributed by atoms with Gasteiger partial charge in [-0.2, -0.15) is 0 Å². The monoisotopic (exact) mass is 259 g/mol. The Morgan fingerprint density at radius 3 is 2.00 bits per heavy atom. The molecular formula is C19H17N. The first-order valence-corrected chi connectivity index (χ1v) is 6.82. The summed E-state index contributed by atoms with van der Waals surface area (Å²) >= 11 is 0. The number of hydrogen-bond acceptors (Lipinski definition) is 1. The molecule has 0 saturated heterocycles. The molecule has 0 N–H and O–H groups in total. The molecule has 1 heteroatoms. The van der Waals surface area contributed by atoms with Gasteiger partial charge in [-0.1, -0.05) is 48.0 Å². The first kappa shape index (κ1) is 12.6. The second-order valence-corrected chi connectivity index (χ2v) is 5.13. The van der Waals surface area contributed by atoms with Crippen LogP contribution in [0.4, 0.5) is 0 Å². The molecule has 0 aliphatic carbocycles. The van der Waals surface area contributed by atoms with Crippen molar-refractivity contribution in [3.63, 3.8) is 0 Å². The molecule has 0 aliphatic heterocycles. The van der Waals surface area contributed by atoms with Crippen LogP contribution in [0.3, 0.4) is 0 Å². The van der Waals surface area contributed by atoms with E-state index in [-0.39, 0.29) is 0 Å². The van der Waals surface area contributed by atoms with Crippen LogP contribution in [-0.4, -0.2) is 4.98 Å². The molecule has 0 fully saturated rings. The number of aromatic nitrogens is 1. The van der Waals surface area contributed by atoms with Gasteiger partial charge in [-0.25, -0.2) is 0 Å². The first-order valence-electron chi connectivity index (χ1n) is 6.82. The number of benzene rings is 2. The number of aryl methyl sites for hydroxylation is 2. The SMILES string of the molecule is Cc1ccc(-c2cccc(-c3ccnc(C)c3)c2)cc1. The van der Waals surface area contributed by atoms with E-state index >= 15 is 0 Å². The number of rotatable bonds is 2. The van der Waals surface area contributed by atoms with Crippen molar-refractivity contribution in [1.82, 2.24) is 4.98 Å². The highest BCUT2D eigenvalue weighted by Gasteiger charge is 2.02. The molecule has 0 atom stereocenters. The van der Waals surface area contributed by atoms with Crippen molar-refractivity contribution >= 4 is 0 Å². The lowest BCUT2D eigenvalue weighted by Gasteiger charge is -2.07. The zero-order valence-electron chi connectivity index (χ0n) is 11.8. The molecule has 3 rings (SSSR count). The molecule has 1 heterocycles. The van der Waals surface area contributed by atoms with E-state index in [0.717, 1.165) is 5.69 Å². The maximum atomic E-state index is 4.26. The van der Waals surface area contributed by atoms with Gasteiger partial charge in [0.2, 0.25) is 0 Å². The van der Waals surface area contributed by atoms with Crippen LogP contribution in [0.15, 0.2) is 66.9 Å². The maximum absolute atomic E-state index is 4.26. The summed E-state index contributed by atoms with van der Waals surface area (Å²) in [5.41, 5.74) is 7.28. The van der Waals surface area contributed by atoms with Gasteiger partial charge in [-0.3, -0.25) is 4.98 Å². The van der Waals surface area contributed by atoms with Gasteiger partial charge in [0, 0.05) is 11.9 Å². The molecular weight excluding hydrogens is 242 g/mol. The average Bonchev–Trinajstić information content (AvgIpc) is 2.48. The molecule has 98 valence electrons. The fourth-order valence-electron chi connectivity index (χ4n) is 2.35. The van der Waals surface area contributed by atoms with E-state index < -0.39 is 0 Å². The molecule has 0 bridgehead atoms. The lowest BCUT2D eigenvalue weighted by Crippen LogP contribution is -1.84. The van der Waals surface area contributed by atoms with Crippen molar-refractivity contribution < 1.29 is 0 Å². The van der Waals surface area contributed by atoms with Crippen molar-refractivity contribution in [3.05, 3.63) is 78.1 Å². The molecule has 0 spiro atoms. The summed E-state index contributed by atoms with van der Waals surface area (Å²) in [5.74, 6) is 0. The van der Waals surface area contributed by atoms with Crippen LogP contribution in [0.5, 0.6) is 0 Å². The van der Waals surface area contributed by atoms with E-state index in [2.05, 4.69) is 72.6 Å². The Hall–Kier alpha value is -2.41. The normalized spacial score (nSPS) is 10.5. The molecule has 0 aliphatic rings. The van der Waals surface area contributed by atoms with Crippen molar-refractivity contribution in [2.45, 2.75) is 13.8 Å². The van der Waals surface area contributed by atoms with E-state index in [4.69, 9.17) is 0 Å². The van der Waals surface area contributed by atoms with Gasteiger partial charge in [0.15, 0.2) is 0 Å². The highest BCUT2D eigenvalue weighted by Crippen LogP contribution is 2.26. The standard InChI is InChI=1S/C19H17N/c1-14-6-8-16(9-7-14)17-4-3-5-18(13-17)19-10-11-20-15(2)12-19/h3-13H,1-2H3. The van der Waals surface area contributed by atoms with Crippen molar-refractivity contribution in [3.8, 4) is 22.3 Å². The molecule has 0 unspecified atom stereocenters. The predicted molar refractivity (Wildman–Crippen MR) is 84.6 cm³/mol. The van der Waals surface area contributed by atoms with Crippen LogP contribution >= 0.6 is 0 Å². The third kappa shape index (κ3) is 2.62. The minimum atomic E-state index is 1.04. The van der Waals surface area contributed by atoms with Gasteiger partial charge in [-0.05, 0) is 54.3 Å². The minimum absolute atomic E-state index is 1.04. The van der Waals surface area contributed by atoms with Gasteiger partial charge in [0.1, 0.15) is 0 Å². The van der Waals surface area contributed by atoms with E-state index in [1.165, 1.54) is 27.8 Å². The van der Waals surface area contributed by atoms with E-state index in [9.17, 15) is 0 Å². The second-order valence-electron chi connectivity index (χ2n) is 5.13. The number of pyridine rings is 1. The smallest absolute Gasteiger partial charge is 0.0378 e. The van der Waals surface area contributed by atoms with Crippen molar-refractivity contribution in [2.24, 2.45) is 0 Å². The summed E-state index contributed by atoms with van der Waals surface area (Å²) in [6, 6.07) is 21.5. The van der Waals surface area contributed by atoms with Gasteiger partial charge in [0.25, 0.3) is 0 Å². The fraction of sp³-hybridized carbons (Fsp3) is 0.105. The van der Waals surface area contributed by atoms with Gasteiger partial charge in [0.05, 0.1) is 0 Å². The quantitative estimate of drug-likeness (QED) is 0.628. The molecule has 3 aromatic rings. The number of hydrogen-bond donors (Lipinski definition) is 0. The minimum Gasteiger partial charge on any atom is -0.262 e. The lowest BCUT2D eigenvalue weighted by molar-refractivity contribution is 1.20. The highest BCUT2D eigenvalue weighted by molar-refractivity contribution is 5.73. The summed E-state index contributed by atoms with van der Waals surface area (Å²) in [6.45, 7) is 4.13. The molecule has 20 heavy (non-hydrogen) atoms. The second kappa shape index (κ2) is 5.30. The zero-order valence-corrected chi connectivity index (χ0v) is 11.8. The zero-order chi connectivity index (χ0) is 13.9. The summed E-state index contributed by atoms with van der Waals surface area (Å²) in [4.78, 5) is 4.26. The summed E-state index contributed by atoms with van der Waals surface area (Å²) < 4.78 is 0. The van der Waals surface area contributed by atoms with Gasteiger partial charge >= 0.3 is 0 Å². The molecule has 2 aromatic carbocycles. The Labute approximate surface area is 119 Å². The van der Waals surface area contributed by atoms with Crippen LogP contribution in [-0.2, 0) is 0 Å². The molecule has 0 radical (unpaired) electrons. The van der Waals surface area contributed by atoms with Gasteiger partial charge < -0.3 is 0 Å². The molecule has 1 nitrogen and oxygen atoms in total. The average molecular weight is 259 g/mol. The lowest BCUT2D eigenvalue weighted by atomic mass is 9.99. The summed E-state index contributed by atoms with van der Waals surface area (Å²) in [5, 5.41) is 0. The maximum Gasteiger partial charge on any atom is 0.0378 e. The van der Waals surface area contributed by atoms with Gasteiger partial charge in [-0.15, -0.1) is 0 Å². The van der Waals surface area contributed by atoms with Crippen LogP contribution in [0.2, 0.25) is 0 Å². The first-order chi connectivity index (χ1) is 9.72. The Morgan fingerprint density at radius 2 is 1.30 bits per heavy atom. The van der Waals surface area contributed by atoms with E-state index in [0.29, 0.717) is 0 Å². The van der Waals surface area contributed by atoms with E-state index in [1.807, 2.05) is 13.1 Å². The molecule has 0 saturated carbocycles. The van der Waals surface area contributed by atoms with Crippen LogP contribution in [0, 0.1) is 13.8 Å². The Morgan fingerprint density at radius 1 is 0.650 bits per heavy atom. The summed E-state index contributed by atoms with van der Waals surface area (Å²) in [6.07, 6.45) is 1.86. The van der Waals surface area contributed by atoms with Crippen LogP contribution in [0.1, 0.15) is 11.3 Å². The predicted octanol–water partition coefficient (Wildman–Crippen LogP) is 5.03. The Balaban J connectivity index is 2.03. The number of nitrogens with zero attached hydrogens (tertiary/aromatic N) is 1. The van der Waals surface area contributed by atoms with Crippen molar-refractivity contribution in [2.75, 3.05) is 0 Å². The molecule has 0 amide bonds. The topological polar surface area (TPSA) is 12.9 Å². The van der Waals surface area contributed by atoms with Crippen LogP contribution < -0.4 is 0 Å². The molecule has 1 aromatic heterocycles. The fourth-order valence-corrected chi connectivity index (χ4v) is 2.35. The third-order valence-corrected chi connectivity index (χ3v) is 3.48. The largest absolute Gasteiger partial charge is 0.262 e. The highest BCUT2D eigenvalue weighted by atomic mass is 14.6. The Bertz CT molecular complexity index is 727. The summed E-state index contributed by atoms with van der Waals surface area (Å²) in [7, 11) is 0. The third-order valence-electron chi connectivity index (χ3n) is 3.48. The van der Waals surface area contributed by atoms with E-state index in [1.54, 1.807) is 0 Å².